The first-order chi connectivity index (χ1) is 12.4. The van der Waals surface area contributed by atoms with Crippen LogP contribution in [0.25, 0.3) is 0 Å². The molecule has 9 heteroatoms. The molecule has 1 atom stereocenters. The molecule has 4 N–H and O–H groups in total. The molecule has 0 radical (unpaired) electrons. The van der Waals surface area contributed by atoms with Crippen molar-refractivity contribution in [2.45, 2.75) is 26.7 Å². The van der Waals surface area contributed by atoms with E-state index in [1.807, 2.05) is 0 Å². The average Bonchev–Trinajstić information content (AvgIpc) is 3.42. The van der Waals surface area contributed by atoms with Crippen molar-refractivity contribution in [2.24, 2.45) is 17.6 Å². The van der Waals surface area contributed by atoms with Crippen molar-refractivity contribution in [1.82, 2.24) is 10.6 Å². The molecule has 1 fully saturated rings. The number of carbonyl (C=O) groups is 2. The van der Waals surface area contributed by atoms with Gasteiger partial charge in [0.15, 0.2) is 5.11 Å². The van der Waals surface area contributed by atoms with Gasteiger partial charge in [-0.05, 0) is 44.8 Å². The highest BCUT2D eigenvalue weighted by molar-refractivity contribution is 7.80. The Morgan fingerprint density at radius 1 is 1.33 bits per heavy atom. The number of nitrogens with one attached hydrogen (secondary N) is 2. The fraction of sp³-hybridized carbons (Fsp3) is 0.500. The van der Waals surface area contributed by atoms with E-state index in [1.165, 1.54) is 6.08 Å². The van der Waals surface area contributed by atoms with Crippen LogP contribution in [-0.4, -0.2) is 36.8 Å². The second kappa shape index (κ2) is 10.3. The van der Waals surface area contributed by atoms with E-state index in [9.17, 15) is 9.59 Å². The van der Waals surface area contributed by atoms with Gasteiger partial charge in [0.05, 0.1) is 24.3 Å². The molecule has 1 aliphatic carbocycles. The van der Waals surface area contributed by atoms with Gasteiger partial charge >= 0.3 is 11.9 Å². The number of dihydropyridines is 1. The van der Waals surface area contributed by atoms with Crippen LogP contribution in [0.15, 0.2) is 35.2 Å². The third kappa shape index (κ3) is 5.71. The van der Waals surface area contributed by atoms with Crippen molar-refractivity contribution in [3.05, 3.63) is 35.2 Å². The Balaban J connectivity index is 0.00000364. The van der Waals surface area contributed by atoms with Crippen molar-refractivity contribution in [2.75, 3.05) is 19.8 Å². The highest BCUT2D eigenvalue weighted by Crippen LogP contribution is 2.47. The number of hydrogen-bond acceptors (Lipinski definition) is 6. The molecule has 0 spiro atoms. The molecule has 2 rings (SSSR count). The van der Waals surface area contributed by atoms with Crippen LogP contribution in [0.2, 0.25) is 0 Å². The van der Waals surface area contributed by atoms with E-state index in [4.69, 9.17) is 27.4 Å². The highest BCUT2D eigenvalue weighted by atomic mass is 35.5. The number of rotatable bonds is 8. The Hall–Kier alpha value is -2.06. The molecular formula is C18H26ClN3O4S. The Kier molecular flexibility index (Phi) is 8.78. The number of nitrogens with two attached hydrogens (primary N) is 1. The predicted octanol–water partition coefficient (Wildman–Crippen LogP) is 1.69. The number of esters is 2. The van der Waals surface area contributed by atoms with Crippen LogP contribution in [0.1, 0.15) is 26.7 Å². The number of allylic oxidation sites excluding steroid dienone is 1. The molecule has 1 saturated carbocycles. The van der Waals surface area contributed by atoms with E-state index >= 15 is 0 Å². The minimum Gasteiger partial charge on any atom is -0.463 e. The van der Waals surface area contributed by atoms with E-state index in [0.29, 0.717) is 22.5 Å². The maximum Gasteiger partial charge on any atom is 0.336 e. The Morgan fingerprint density at radius 3 is 2.48 bits per heavy atom. The Morgan fingerprint density at radius 2 is 1.96 bits per heavy atom. The zero-order valence-electron chi connectivity index (χ0n) is 15.5. The van der Waals surface area contributed by atoms with Gasteiger partial charge in [-0.25, -0.2) is 9.59 Å². The number of hydrogen-bond donors (Lipinski definition) is 3. The summed E-state index contributed by atoms with van der Waals surface area (Å²) in [6, 6.07) is 0. The summed E-state index contributed by atoms with van der Waals surface area (Å²) in [6.07, 6.45) is 3.39. The summed E-state index contributed by atoms with van der Waals surface area (Å²) in [5.41, 5.74) is 7.70. The molecular weight excluding hydrogens is 390 g/mol. The van der Waals surface area contributed by atoms with Crippen molar-refractivity contribution in [3.63, 3.8) is 0 Å². The minimum absolute atomic E-state index is 0. The van der Waals surface area contributed by atoms with Gasteiger partial charge in [0.2, 0.25) is 0 Å². The largest absolute Gasteiger partial charge is 0.463 e. The zero-order valence-corrected chi connectivity index (χ0v) is 17.1. The molecule has 150 valence electrons. The summed E-state index contributed by atoms with van der Waals surface area (Å²) in [4.78, 5) is 25.3. The lowest BCUT2D eigenvalue weighted by Gasteiger charge is -2.31. The lowest BCUT2D eigenvalue weighted by atomic mass is 9.81. The molecule has 0 amide bonds. The van der Waals surface area contributed by atoms with Crippen LogP contribution in [0.4, 0.5) is 0 Å². The van der Waals surface area contributed by atoms with Crippen LogP contribution >= 0.6 is 24.6 Å². The second-order valence-electron chi connectivity index (χ2n) is 6.20. The van der Waals surface area contributed by atoms with E-state index in [1.54, 1.807) is 13.8 Å². The van der Waals surface area contributed by atoms with Crippen LogP contribution in [0.3, 0.4) is 0 Å². The SMILES string of the molecule is C=CCOC(=O)C1=C(C)NC(CNC(N)=S)=C(C(=O)OCC)C1C1CC1.Cl. The Labute approximate surface area is 170 Å². The van der Waals surface area contributed by atoms with Gasteiger partial charge in [-0.1, -0.05) is 12.7 Å². The van der Waals surface area contributed by atoms with Crippen LogP contribution in [0.5, 0.6) is 0 Å². The lowest BCUT2D eigenvalue weighted by molar-refractivity contribution is -0.140. The molecule has 2 aliphatic rings. The third-order valence-corrected chi connectivity index (χ3v) is 4.41. The number of halogens is 1. The van der Waals surface area contributed by atoms with Crippen molar-refractivity contribution < 1.29 is 19.1 Å². The predicted molar refractivity (Wildman–Crippen MR) is 109 cm³/mol. The standard InChI is InChI=1S/C18H25N3O4S.ClH/c1-4-8-25-16(22)13-10(3)21-12(9-20-18(19)26)15(17(23)24-5-2)14(13)11-6-7-11;/h4,11,14,21H,1,5-9H2,2-3H3,(H3,19,20,26);1H. The first kappa shape index (κ1) is 23.0. The molecule has 27 heavy (non-hydrogen) atoms. The molecule has 0 aromatic heterocycles. The van der Waals surface area contributed by atoms with Gasteiger partial charge in [0, 0.05) is 17.3 Å². The monoisotopic (exact) mass is 415 g/mol. The van der Waals surface area contributed by atoms with Crippen molar-refractivity contribution in [1.29, 1.82) is 0 Å². The molecule has 0 saturated heterocycles. The number of ether oxygens (including phenoxy) is 2. The topological polar surface area (TPSA) is 103 Å². The van der Waals surface area contributed by atoms with Gasteiger partial charge in [0.1, 0.15) is 6.61 Å². The molecule has 1 aliphatic heterocycles. The van der Waals surface area contributed by atoms with Crippen LogP contribution < -0.4 is 16.4 Å². The normalized spacial score (nSPS) is 18.8. The fourth-order valence-electron chi connectivity index (χ4n) is 3.09. The van der Waals surface area contributed by atoms with Crippen molar-refractivity contribution in [3.8, 4) is 0 Å². The van der Waals surface area contributed by atoms with Gasteiger partial charge in [0.25, 0.3) is 0 Å². The third-order valence-electron chi connectivity index (χ3n) is 4.27. The van der Waals surface area contributed by atoms with E-state index in [2.05, 4.69) is 17.2 Å². The molecule has 0 bridgehead atoms. The van der Waals surface area contributed by atoms with Gasteiger partial charge in [-0.3, -0.25) is 0 Å². The van der Waals surface area contributed by atoms with Gasteiger partial charge < -0.3 is 25.8 Å². The molecule has 0 aromatic carbocycles. The smallest absolute Gasteiger partial charge is 0.336 e. The first-order valence-electron chi connectivity index (χ1n) is 8.59. The summed E-state index contributed by atoms with van der Waals surface area (Å²) < 4.78 is 10.5. The zero-order chi connectivity index (χ0) is 19.3. The van der Waals surface area contributed by atoms with E-state index < -0.39 is 11.9 Å². The quantitative estimate of drug-likeness (QED) is 0.312. The molecule has 0 aromatic rings. The Bertz CT molecular complexity index is 686. The minimum atomic E-state index is -0.449. The summed E-state index contributed by atoms with van der Waals surface area (Å²) >= 11 is 4.86. The van der Waals surface area contributed by atoms with Crippen molar-refractivity contribution >= 4 is 41.7 Å². The summed E-state index contributed by atoms with van der Waals surface area (Å²) in [5.74, 6) is -1.05. The van der Waals surface area contributed by atoms with Crippen LogP contribution in [-0.2, 0) is 19.1 Å². The van der Waals surface area contributed by atoms with Crippen LogP contribution in [0, 0.1) is 11.8 Å². The summed E-state index contributed by atoms with van der Waals surface area (Å²) in [6.45, 7) is 7.70. The van der Waals surface area contributed by atoms with Gasteiger partial charge in [-0.2, -0.15) is 0 Å². The highest BCUT2D eigenvalue weighted by Gasteiger charge is 2.45. The van der Waals surface area contributed by atoms with E-state index in [-0.39, 0.29) is 49.1 Å². The van der Waals surface area contributed by atoms with E-state index in [0.717, 1.165) is 12.8 Å². The average molecular weight is 416 g/mol. The number of thiocarbonyl (C=S) groups is 1. The summed E-state index contributed by atoms with van der Waals surface area (Å²) in [5, 5.41) is 6.11. The molecule has 7 nitrogen and oxygen atoms in total. The lowest BCUT2D eigenvalue weighted by Crippen LogP contribution is -2.40. The first-order valence-corrected chi connectivity index (χ1v) is 9.00. The summed E-state index contributed by atoms with van der Waals surface area (Å²) in [7, 11) is 0. The molecule has 1 unspecified atom stereocenters. The van der Waals surface area contributed by atoms with Gasteiger partial charge in [-0.15, -0.1) is 12.4 Å². The second-order valence-corrected chi connectivity index (χ2v) is 6.64. The maximum atomic E-state index is 12.7. The number of carbonyl (C=O) groups excluding carboxylic acids is 2. The fourth-order valence-corrected chi connectivity index (χ4v) is 3.17. The maximum absolute atomic E-state index is 12.7. The molecule has 1 heterocycles.